The number of halogens is 5. The standard InChI is InChI=1S/C21H18Cl2F3N3O3/c1-12-7-13(3-4-17(12)19(30)27-5-6-28-31-2)18-11-20(32-29-18,21(24,25)26)14-8-15(22)10-16(23)9-14/h3-10,28H,11H2,1-2H3,(H,27,30)/t20-/m0/s1. The van der Waals surface area contributed by atoms with Gasteiger partial charge in [0.15, 0.2) is 0 Å². The van der Waals surface area contributed by atoms with E-state index in [9.17, 15) is 18.0 Å². The van der Waals surface area contributed by atoms with E-state index in [0.29, 0.717) is 16.7 Å². The lowest BCUT2D eigenvalue weighted by Crippen LogP contribution is -2.42. The molecule has 1 aliphatic heterocycles. The third kappa shape index (κ3) is 4.85. The van der Waals surface area contributed by atoms with E-state index in [2.05, 4.69) is 20.8 Å². The fraction of sp³-hybridized carbons (Fsp3) is 0.238. The van der Waals surface area contributed by atoms with Crippen LogP contribution in [0.2, 0.25) is 10.0 Å². The number of hydroxylamine groups is 1. The molecule has 0 aliphatic carbocycles. The van der Waals surface area contributed by atoms with E-state index in [4.69, 9.17) is 28.0 Å². The third-order valence-electron chi connectivity index (χ3n) is 4.80. The normalized spacial score (nSPS) is 18.4. The van der Waals surface area contributed by atoms with Crippen molar-refractivity contribution < 1.29 is 27.6 Å². The lowest BCUT2D eigenvalue weighted by atomic mass is 9.86. The average molecular weight is 488 g/mol. The van der Waals surface area contributed by atoms with Crippen molar-refractivity contribution in [1.82, 2.24) is 10.8 Å². The highest BCUT2D eigenvalue weighted by Gasteiger charge is 2.62. The fourth-order valence-electron chi connectivity index (χ4n) is 3.24. The summed E-state index contributed by atoms with van der Waals surface area (Å²) in [5.74, 6) is -0.397. The van der Waals surface area contributed by atoms with Crippen LogP contribution in [0.15, 0.2) is 54.0 Å². The van der Waals surface area contributed by atoms with Crippen LogP contribution in [0.5, 0.6) is 0 Å². The van der Waals surface area contributed by atoms with Crippen LogP contribution >= 0.6 is 23.2 Å². The van der Waals surface area contributed by atoms with Crippen LogP contribution in [-0.4, -0.2) is 24.9 Å². The van der Waals surface area contributed by atoms with Gasteiger partial charge in [0.25, 0.3) is 11.5 Å². The zero-order chi connectivity index (χ0) is 23.5. The molecular weight excluding hydrogens is 470 g/mol. The van der Waals surface area contributed by atoms with E-state index in [1.54, 1.807) is 13.0 Å². The van der Waals surface area contributed by atoms with Crippen LogP contribution in [0.4, 0.5) is 13.2 Å². The minimum absolute atomic E-state index is 0.0501. The Morgan fingerprint density at radius 2 is 1.88 bits per heavy atom. The first-order chi connectivity index (χ1) is 15.1. The zero-order valence-electron chi connectivity index (χ0n) is 16.9. The number of carbonyl (C=O) groups excluding carboxylic acids is 1. The molecule has 2 N–H and O–H groups in total. The van der Waals surface area contributed by atoms with Gasteiger partial charge < -0.3 is 10.2 Å². The van der Waals surface area contributed by atoms with Gasteiger partial charge in [0.2, 0.25) is 0 Å². The molecule has 0 aromatic heterocycles. The summed E-state index contributed by atoms with van der Waals surface area (Å²) in [7, 11) is 1.42. The number of benzene rings is 2. The second-order valence-corrected chi connectivity index (χ2v) is 7.82. The number of amides is 1. The largest absolute Gasteiger partial charge is 0.435 e. The topological polar surface area (TPSA) is 72.0 Å². The summed E-state index contributed by atoms with van der Waals surface area (Å²) in [4.78, 5) is 21.9. The van der Waals surface area contributed by atoms with Gasteiger partial charge in [-0.2, -0.15) is 13.2 Å². The Hall–Kier alpha value is -2.75. The van der Waals surface area contributed by atoms with Crippen LogP contribution in [-0.2, 0) is 15.3 Å². The summed E-state index contributed by atoms with van der Waals surface area (Å²) in [6.07, 6.45) is -2.64. The van der Waals surface area contributed by atoms with Crippen LogP contribution in [0, 0.1) is 6.92 Å². The van der Waals surface area contributed by atoms with E-state index < -0.39 is 24.1 Å². The summed E-state index contributed by atoms with van der Waals surface area (Å²) in [6, 6.07) is 8.24. The second-order valence-electron chi connectivity index (χ2n) is 6.95. The van der Waals surface area contributed by atoms with Gasteiger partial charge in [-0.15, -0.1) is 0 Å². The van der Waals surface area contributed by atoms with Gasteiger partial charge in [-0.05, 0) is 48.4 Å². The number of hydrogen-bond acceptors (Lipinski definition) is 5. The van der Waals surface area contributed by atoms with Crippen molar-refractivity contribution in [3.05, 3.63) is 81.1 Å². The molecule has 0 fully saturated rings. The molecule has 170 valence electrons. The predicted octanol–water partition coefficient (Wildman–Crippen LogP) is 5.24. The highest BCUT2D eigenvalue weighted by molar-refractivity contribution is 6.34. The second kappa shape index (κ2) is 9.40. The molecule has 0 radical (unpaired) electrons. The molecule has 0 saturated carbocycles. The van der Waals surface area contributed by atoms with Crippen molar-refractivity contribution in [3.8, 4) is 0 Å². The van der Waals surface area contributed by atoms with Crippen LogP contribution in [0.1, 0.15) is 33.5 Å². The van der Waals surface area contributed by atoms with Gasteiger partial charge >= 0.3 is 6.18 Å². The molecule has 2 aromatic carbocycles. The molecule has 1 heterocycles. The van der Waals surface area contributed by atoms with Crippen LogP contribution < -0.4 is 10.8 Å². The van der Waals surface area contributed by atoms with Crippen molar-refractivity contribution in [2.45, 2.75) is 25.1 Å². The van der Waals surface area contributed by atoms with E-state index in [1.165, 1.54) is 37.7 Å². The molecule has 1 atom stereocenters. The summed E-state index contributed by atoms with van der Waals surface area (Å²) < 4.78 is 42.4. The molecule has 0 bridgehead atoms. The summed E-state index contributed by atoms with van der Waals surface area (Å²) in [5, 5.41) is 6.36. The number of aryl methyl sites for hydroxylation is 1. The van der Waals surface area contributed by atoms with Crippen molar-refractivity contribution >= 4 is 34.8 Å². The number of alkyl halides is 3. The van der Waals surface area contributed by atoms with Gasteiger partial charge in [0.1, 0.15) is 0 Å². The minimum atomic E-state index is -4.79. The maximum atomic E-state index is 14.1. The number of rotatable bonds is 6. The quantitative estimate of drug-likeness (QED) is 0.546. The Bertz CT molecular complexity index is 1070. The molecule has 0 spiro atoms. The Balaban J connectivity index is 1.87. The molecule has 3 rings (SSSR count). The van der Waals surface area contributed by atoms with Crippen molar-refractivity contribution in [3.63, 3.8) is 0 Å². The first-order valence-electron chi connectivity index (χ1n) is 9.21. The van der Waals surface area contributed by atoms with Gasteiger partial charge in [0.05, 0.1) is 12.8 Å². The van der Waals surface area contributed by atoms with E-state index >= 15 is 0 Å². The Labute approximate surface area is 191 Å². The SMILES string of the molecule is CONC=CNC(=O)c1ccc(C2=NO[C@@](c3cc(Cl)cc(Cl)c3)(C(F)(F)F)C2)cc1C. The number of carbonyl (C=O) groups is 1. The fourth-order valence-corrected chi connectivity index (χ4v) is 3.77. The van der Waals surface area contributed by atoms with Gasteiger partial charge in [-0.25, -0.2) is 0 Å². The summed E-state index contributed by atoms with van der Waals surface area (Å²) in [5.41, 5.74) is 0.828. The zero-order valence-corrected chi connectivity index (χ0v) is 18.4. The molecular formula is C21H18Cl2F3N3O3. The van der Waals surface area contributed by atoms with E-state index in [-0.39, 0.29) is 21.3 Å². The third-order valence-corrected chi connectivity index (χ3v) is 5.24. The smallest absolute Gasteiger partial charge is 0.374 e. The molecule has 6 nitrogen and oxygen atoms in total. The number of oxime groups is 1. The van der Waals surface area contributed by atoms with Crippen molar-refractivity contribution in [2.24, 2.45) is 5.16 Å². The van der Waals surface area contributed by atoms with Gasteiger partial charge in [0, 0.05) is 40.0 Å². The summed E-state index contributed by atoms with van der Waals surface area (Å²) in [6.45, 7) is 1.67. The van der Waals surface area contributed by atoms with Crippen molar-refractivity contribution in [2.75, 3.05) is 7.11 Å². The maximum Gasteiger partial charge on any atom is 0.435 e. The number of hydrogen-bond donors (Lipinski definition) is 2. The average Bonchev–Trinajstić information content (AvgIpc) is 3.17. The Kier molecular flexibility index (Phi) is 7.02. The maximum absolute atomic E-state index is 14.1. The van der Waals surface area contributed by atoms with E-state index in [0.717, 1.165) is 12.1 Å². The minimum Gasteiger partial charge on any atom is -0.374 e. The molecule has 0 saturated heterocycles. The van der Waals surface area contributed by atoms with Crippen LogP contribution in [0.3, 0.4) is 0 Å². The molecule has 32 heavy (non-hydrogen) atoms. The highest BCUT2D eigenvalue weighted by Crippen LogP contribution is 2.49. The molecule has 11 heteroatoms. The number of nitrogens with zero attached hydrogens (tertiary/aromatic N) is 1. The monoisotopic (exact) mass is 487 g/mol. The first kappa shape index (κ1) is 23.9. The van der Waals surface area contributed by atoms with Crippen LogP contribution in [0.25, 0.3) is 0 Å². The number of nitrogens with one attached hydrogen (secondary N) is 2. The lowest BCUT2D eigenvalue weighted by molar-refractivity contribution is -0.275. The van der Waals surface area contributed by atoms with E-state index in [1.807, 2.05) is 0 Å². The molecule has 2 aromatic rings. The molecule has 1 amide bonds. The molecule has 0 unspecified atom stereocenters. The Morgan fingerprint density at radius 1 is 1.19 bits per heavy atom. The van der Waals surface area contributed by atoms with Gasteiger partial charge in [-0.3, -0.25) is 15.1 Å². The molecule has 1 aliphatic rings. The van der Waals surface area contributed by atoms with Gasteiger partial charge in [-0.1, -0.05) is 34.4 Å². The summed E-state index contributed by atoms with van der Waals surface area (Å²) >= 11 is 11.8. The predicted molar refractivity (Wildman–Crippen MR) is 114 cm³/mol. The lowest BCUT2D eigenvalue weighted by Gasteiger charge is -2.29. The van der Waals surface area contributed by atoms with Crippen molar-refractivity contribution in [1.29, 1.82) is 0 Å². The highest BCUT2D eigenvalue weighted by atomic mass is 35.5. The Morgan fingerprint density at radius 3 is 2.47 bits per heavy atom. The first-order valence-corrected chi connectivity index (χ1v) is 9.97.